The summed E-state index contributed by atoms with van der Waals surface area (Å²) in [5.74, 6) is -2.34. The van der Waals surface area contributed by atoms with Crippen molar-refractivity contribution in [3.63, 3.8) is 0 Å². The first-order valence-corrected chi connectivity index (χ1v) is 5.53. The number of benzene rings is 2. The average Bonchev–Trinajstić information content (AvgIpc) is 2.36. The number of carbonyl (C=O) groups is 1. The van der Waals surface area contributed by atoms with Gasteiger partial charge in [-0.15, -0.1) is 0 Å². The van der Waals surface area contributed by atoms with E-state index in [1.54, 1.807) is 13.0 Å². The average molecular weight is 263 g/mol. The van der Waals surface area contributed by atoms with Crippen LogP contribution >= 0.6 is 0 Å². The van der Waals surface area contributed by atoms with Gasteiger partial charge in [-0.05, 0) is 31.2 Å². The Bertz CT molecular complexity index is 641. The molecule has 1 amide bonds. The Morgan fingerprint density at radius 1 is 1.16 bits per heavy atom. The predicted molar refractivity (Wildman–Crippen MR) is 67.2 cm³/mol. The van der Waals surface area contributed by atoms with Gasteiger partial charge in [0.05, 0.1) is 11.3 Å². The Kier molecular flexibility index (Phi) is 3.46. The SMILES string of the molecule is Cc1ccc(O)c(C(=O)Nc2cc(F)ccc2F)c1. The lowest BCUT2D eigenvalue weighted by molar-refractivity contribution is 0.102. The van der Waals surface area contributed by atoms with Crippen molar-refractivity contribution in [3.05, 3.63) is 59.2 Å². The standard InChI is InChI=1S/C14H11F2NO2/c1-8-2-5-13(18)10(6-8)14(19)17-12-7-9(15)3-4-11(12)16/h2-7,18H,1H3,(H,17,19). The van der Waals surface area contributed by atoms with Crippen LogP contribution in [0, 0.1) is 18.6 Å². The second kappa shape index (κ2) is 5.06. The highest BCUT2D eigenvalue weighted by Crippen LogP contribution is 2.21. The summed E-state index contributed by atoms with van der Waals surface area (Å²) in [4.78, 5) is 11.9. The molecular weight excluding hydrogens is 252 g/mol. The first-order valence-electron chi connectivity index (χ1n) is 5.53. The van der Waals surface area contributed by atoms with Gasteiger partial charge in [0, 0.05) is 6.07 Å². The maximum absolute atomic E-state index is 13.4. The minimum Gasteiger partial charge on any atom is -0.507 e. The van der Waals surface area contributed by atoms with Crippen LogP contribution in [0.4, 0.5) is 14.5 Å². The first-order chi connectivity index (χ1) is 8.97. The monoisotopic (exact) mass is 263 g/mol. The third kappa shape index (κ3) is 2.88. The number of phenolic OH excluding ortho intramolecular Hbond substituents is 1. The van der Waals surface area contributed by atoms with Crippen molar-refractivity contribution in [3.8, 4) is 5.75 Å². The van der Waals surface area contributed by atoms with Gasteiger partial charge in [-0.25, -0.2) is 8.78 Å². The van der Waals surface area contributed by atoms with Crippen molar-refractivity contribution >= 4 is 11.6 Å². The summed E-state index contributed by atoms with van der Waals surface area (Å²) in [6.45, 7) is 1.75. The topological polar surface area (TPSA) is 49.3 Å². The lowest BCUT2D eigenvalue weighted by atomic mass is 10.1. The van der Waals surface area contributed by atoms with Gasteiger partial charge in [0.25, 0.3) is 5.91 Å². The number of carbonyl (C=O) groups excluding carboxylic acids is 1. The van der Waals surface area contributed by atoms with Gasteiger partial charge in [-0.3, -0.25) is 4.79 Å². The van der Waals surface area contributed by atoms with E-state index in [9.17, 15) is 18.7 Å². The van der Waals surface area contributed by atoms with Gasteiger partial charge >= 0.3 is 0 Å². The van der Waals surface area contributed by atoms with Gasteiger partial charge in [0.15, 0.2) is 0 Å². The van der Waals surface area contributed by atoms with Crippen molar-refractivity contribution in [1.82, 2.24) is 0 Å². The van der Waals surface area contributed by atoms with Gasteiger partial charge in [0.2, 0.25) is 0 Å². The van der Waals surface area contributed by atoms with Crippen LogP contribution in [0.1, 0.15) is 15.9 Å². The van der Waals surface area contributed by atoms with E-state index in [0.29, 0.717) is 0 Å². The van der Waals surface area contributed by atoms with E-state index < -0.39 is 17.5 Å². The van der Waals surface area contributed by atoms with Crippen LogP contribution in [-0.4, -0.2) is 11.0 Å². The van der Waals surface area contributed by atoms with Crippen molar-refractivity contribution in [1.29, 1.82) is 0 Å². The molecular formula is C14H11F2NO2. The number of halogens is 2. The Morgan fingerprint density at radius 3 is 2.63 bits per heavy atom. The minimum absolute atomic E-state index is 0.00339. The summed E-state index contributed by atoms with van der Waals surface area (Å²) in [7, 11) is 0. The molecule has 0 bridgehead atoms. The largest absolute Gasteiger partial charge is 0.507 e. The Balaban J connectivity index is 2.30. The molecule has 19 heavy (non-hydrogen) atoms. The normalized spacial score (nSPS) is 10.3. The molecule has 2 aromatic rings. The van der Waals surface area contributed by atoms with Crippen LogP contribution < -0.4 is 5.32 Å². The molecule has 0 saturated heterocycles. The third-order valence-electron chi connectivity index (χ3n) is 2.57. The predicted octanol–water partition coefficient (Wildman–Crippen LogP) is 3.23. The van der Waals surface area contributed by atoms with Gasteiger partial charge < -0.3 is 10.4 Å². The summed E-state index contributed by atoms with van der Waals surface area (Å²) in [5.41, 5.74) is 0.497. The lowest BCUT2D eigenvalue weighted by Gasteiger charge is -2.08. The molecule has 2 N–H and O–H groups in total. The summed E-state index contributed by atoms with van der Waals surface area (Å²) >= 11 is 0. The maximum Gasteiger partial charge on any atom is 0.259 e. The Hall–Kier alpha value is -2.43. The lowest BCUT2D eigenvalue weighted by Crippen LogP contribution is -2.13. The van der Waals surface area contributed by atoms with Crippen LogP contribution in [0.15, 0.2) is 36.4 Å². The first kappa shape index (κ1) is 13.0. The molecule has 2 rings (SSSR count). The minimum atomic E-state index is -0.748. The molecule has 0 aliphatic rings. The van der Waals surface area contributed by atoms with Gasteiger partial charge in [0.1, 0.15) is 17.4 Å². The molecule has 0 unspecified atom stereocenters. The van der Waals surface area contributed by atoms with Crippen LogP contribution in [0.25, 0.3) is 0 Å². The Labute approximate surface area is 108 Å². The van der Waals surface area contributed by atoms with E-state index >= 15 is 0 Å². The van der Waals surface area contributed by atoms with Crippen molar-refractivity contribution in [2.45, 2.75) is 6.92 Å². The number of amides is 1. The third-order valence-corrected chi connectivity index (χ3v) is 2.57. The van der Waals surface area contributed by atoms with Crippen molar-refractivity contribution in [2.24, 2.45) is 0 Å². The molecule has 0 atom stereocenters. The van der Waals surface area contributed by atoms with E-state index in [1.807, 2.05) is 0 Å². The fraction of sp³-hybridized carbons (Fsp3) is 0.0714. The quantitative estimate of drug-likeness (QED) is 0.873. The number of aryl methyl sites for hydroxylation is 1. The highest BCUT2D eigenvalue weighted by molar-refractivity contribution is 6.06. The Morgan fingerprint density at radius 2 is 1.89 bits per heavy atom. The van der Waals surface area contributed by atoms with Crippen molar-refractivity contribution < 1.29 is 18.7 Å². The molecule has 0 fully saturated rings. The fourth-order valence-corrected chi connectivity index (χ4v) is 1.61. The molecule has 0 aromatic heterocycles. The number of anilines is 1. The molecule has 5 heteroatoms. The summed E-state index contributed by atoms with van der Waals surface area (Å²) in [6.07, 6.45) is 0. The fourth-order valence-electron chi connectivity index (χ4n) is 1.61. The number of nitrogens with one attached hydrogen (secondary N) is 1. The van der Waals surface area contributed by atoms with Crippen LogP contribution in [0.2, 0.25) is 0 Å². The number of hydrogen-bond acceptors (Lipinski definition) is 2. The number of hydrogen-bond donors (Lipinski definition) is 2. The van der Waals surface area contributed by atoms with Gasteiger partial charge in [-0.2, -0.15) is 0 Å². The van der Waals surface area contributed by atoms with E-state index in [1.165, 1.54) is 12.1 Å². The second-order valence-electron chi connectivity index (χ2n) is 4.10. The van der Waals surface area contributed by atoms with Gasteiger partial charge in [-0.1, -0.05) is 11.6 Å². The smallest absolute Gasteiger partial charge is 0.259 e. The molecule has 0 saturated carbocycles. The van der Waals surface area contributed by atoms with Crippen LogP contribution in [0.5, 0.6) is 5.75 Å². The number of aromatic hydroxyl groups is 1. The highest BCUT2D eigenvalue weighted by atomic mass is 19.1. The van der Waals surface area contributed by atoms with Crippen LogP contribution in [-0.2, 0) is 0 Å². The molecule has 0 spiro atoms. The molecule has 98 valence electrons. The van der Waals surface area contributed by atoms with E-state index in [4.69, 9.17) is 0 Å². The molecule has 0 heterocycles. The number of rotatable bonds is 2. The second-order valence-corrected chi connectivity index (χ2v) is 4.10. The molecule has 2 aromatic carbocycles. The molecule has 0 radical (unpaired) electrons. The molecule has 0 aliphatic carbocycles. The molecule has 3 nitrogen and oxygen atoms in total. The van der Waals surface area contributed by atoms with E-state index in [2.05, 4.69) is 5.32 Å². The zero-order valence-electron chi connectivity index (χ0n) is 10.1. The van der Waals surface area contributed by atoms with Crippen LogP contribution in [0.3, 0.4) is 0 Å². The zero-order chi connectivity index (χ0) is 14.0. The van der Waals surface area contributed by atoms with E-state index in [-0.39, 0.29) is 17.0 Å². The summed E-state index contributed by atoms with van der Waals surface area (Å²) in [6, 6.07) is 7.21. The van der Waals surface area contributed by atoms with E-state index in [0.717, 1.165) is 23.8 Å². The molecule has 0 aliphatic heterocycles. The zero-order valence-corrected chi connectivity index (χ0v) is 10.1. The summed E-state index contributed by atoms with van der Waals surface area (Å²) in [5, 5.41) is 11.8. The highest BCUT2D eigenvalue weighted by Gasteiger charge is 2.14. The number of phenols is 1. The van der Waals surface area contributed by atoms with Crippen molar-refractivity contribution in [2.75, 3.05) is 5.32 Å². The summed E-state index contributed by atoms with van der Waals surface area (Å²) < 4.78 is 26.4. The maximum atomic E-state index is 13.4.